The molecule has 1 aliphatic carbocycles. The van der Waals surface area contributed by atoms with Crippen molar-refractivity contribution in [3.05, 3.63) is 107 Å². The van der Waals surface area contributed by atoms with Crippen LogP contribution in [0, 0.1) is 5.92 Å². The molecule has 5 heteroatoms. The van der Waals surface area contributed by atoms with Crippen molar-refractivity contribution < 1.29 is 13.2 Å². The number of Topliss-reactive ketones (excluding diaryl/α,β-unsaturated/α-hetero) is 1. The predicted octanol–water partition coefficient (Wildman–Crippen LogP) is 4.65. The van der Waals surface area contributed by atoms with Crippen molar-refractivity contribution in [2.75, 3.05) is 6.54 Å². The Kier molecular flexibility index (Phi) is 4.78. The van der Waals surface area contributed by atoms with Gasteiger partial charge in [0.15, 0.2) is 0 Å². The Morgan fingerprint density at radius 3 is 2.16 bits per heavy atom. The smallest absolute Gasteiger partial charge is 0.264 e. The Bertz CT molecular complexity index is 1280. The maximum Gasteiger partial charge on any atom is 0.264 e. The fourth-order valence-corrected chi connectivity index (χ4v) is 6.50. The summed E-state index contributed by atoms with van der Waals surface area (Å²) in [6, 6.07) is 26.4. The first kappa shape index (κ1) is 19.8. The van der Waals surface area contributed by atoms with E-state index in [1.165, 1.54) is 4.31 Å². The number of allylic oxidation sites excluding steroid dienone is 1. The summed E-state index contributed by atoms with van der Waals surface area (Å²) < 4.78 is 28.9. The van der Waals surface area contributed by atoms with Crippen LogP contribution in [0.25, 0.3) is 5.70 Å². The van der Waals surface area contributed by atoms with Gasteiger partial charge in [-0.3, -0.25) is 9.10 Å². The molecule has 3 aromatic carbocycles. The average molecular weight is 430 g/mol. The lowest BCUT2D eigenvalue weighted by molar-refractivity contribution is -0.121. The van der Waals surface area contributed by atoms with Gasteiger partial charge in [-0.25, -0.2) is 8.42 Å². The molecule has 0 N–H and O–H groups in total. The first-order chi connectivity index (χ1) is 15.0. The molecule has 1 heterocycles. The third-order valence-electron chi connectivity index (χ3n) is 6.36. The van der Waals surface area contributed by atoms with Gasteiger partial charge in [0.05, 0.1) is 10.6 Å². The van der Waals surface area contributed by atoms with E-state index in [1.54, 1.807) is 37.3 Å². The zero-order valence-electron chi connectivity index (χ0n) is 17.2. The van der Waals surface area contributed by atoms with Crippen LogP contribution in [-0.4, -0.2) is 25.1 Å². The molecule has 0 bridgehead atoms. The van der Waals surface area contributed by atoms with Gasteiger partial charge in [-0.1, -0.05) is 72.8 Å². The average Bonchev–Trinajstić information content (AvgIpc) is 3.18. The zero-order chi connectivity index (χ0) is 21.6. The lowest BCUT2D eigenvalue weighted by atomic mass is 9.75. The molecule has 0 unspecified atom stereocenters. The van der Waals surface area contributed by atoms with Gasteiger partial charge in [0.2, 0.25) is 0 Å². The van der Waals surface area contributed by atoms with Gasteiger partial charge >= 0.3 is 0 Å². The van der Waals surface area contributed by atoms with Crippen molar-refractivity contribution in [1.29, 1.82) is 0 Å². The van der Waals surface area contributed by atoms with Crippen LogP contribution >= 0.6 is 0 Å². The second-order valence-corrected chi connectivity index (χ2v) is 10.0. The van der Waals surface area contributed by atoms with Crippen LogP contribution in [0.3, 0.4) is 0 Å². The minimum absolute atomic E-state index is 0.00428. The molecule has 0 aromatic heterocycles. The van der Waals surface area contributed by atoms with E-state index in [9.17, 15) is 13.2 Å². The standard InChI is InChI=1S/C26H23NO3S/c1-18(28)24-17-27(31(29,30)21-13-6-3-7-14-21)26-22-15-9-8-12-20(22)16-23(26)25(24)19-10-4-2-5-11-19/h2-15,24-25H,16-17H2,1H3/t24-,25+/m1/s1. The van der Waals surface area contributed by atoms with Gasteiger partial charge < -0.3 is 0 Å². The summed E-state index contributed by atoms with van der Waals surface area (Å²) in [6.07, 6.45) is 0.648. The van der Waals surface area contributed by atoms with E-state index in [1.807, 2.05) is 54.6 Å². The van der Waals surface area contributed by atoms with E-state index >= 15 is 0 Å². The highest BCUT2D eigenvalue weighted by Gasteiger charge is 2.45. The summed E-state index contributed by atoms with van der Waals surface area (Å²) in [6.45, 7) is 1.71. The monoisotopic (exact) mass is 429 g/mol. The topological polar surface area (TPSA) is 54.5 Å². The van der Waals surface area contributed by atoms with E-state index in [0.29, 0.717) is 6.42 Å². The van der Waals surface area contributed by atoms with Crippen molar-refractivity contribution in [3.63, 3.8) is 0 Å². The molecule has 0 saturated heterocycles. The Morgan fingerprint density at radius 1 is 0.871 bits per heavy atom. The third-order valence-corrected chi connectivity index (χ3v) is 8.14. The van der Waals surface area contributed by atoms with Crippen LogP contribution in [-0.2, 0) is 21.2 Å². The number of fused-ring (bicyclic) bond motifs is 2. The highest BCUT2D eigenvalue weighted by atomic mass is 32.2. The van der Waals surface area contributed by atoms with Crippen LogP contribution < -0.4 is 0 Å². The number of ketones is 1. The molecule has 2 atom stereocenters. The Hall–Kier alpha value is -3.18. The summed E-state index contributed by atoms with van der Waals surface area (Å²) in [5.41, 5.74) is 4.86. The number of sulfonamides is 1. The highest BCUT2D eigenvalue weighted by Crippen LogP contribution is 2.50. The third kappa shape index (κ3) is 3.20. The van der Waals surface area contributed by atoms with E-state index in [-0.39, 0.29) is 23.1 Å². The Balaban J connectivity index is 1.75. The Labute approximate surface area is 182 Å². The van der Waals surface area contributed by atoms with Crippen LogP contribution in [0.1, 0.15) is 29.5 Å². The fourth-order valence-electron chi connectivity index (χ4n) is 4.93. The molecule has 0 fully saturated rings. The van der Waals surface area contributed by atoms with Crippen LogP contribution in [0.15, 0.2) is 95.4 Å². The number of benzene rings is 3. The Morgan fingerprint density at radius 2 is 1.48 bits per heavy atom. The molecular weight excluding hydrogens is 406 g/mol. The quantitative estimate of drug-likeness (QED) is 0.607. The SMILES string of the molecule is CC(=O)[C@H]1CN(S(=O)(=O)c2ccccc2)C2=C(Cc3ccccc32)[C@@H]1c1ccccc1. The lowest BCUT2D eigenvalue weighted by Gasteiger charge is -2.39. The minimum Gasteiger partial charge on any atom is -0.300 e. The molecule has 0 spiro atoms. The van der Waals surface area contributed by atoms with Crippen molar-refractivity contribution in [1.82, 2.24) is 4.31 Å². The summed E-state index contributed by atoms with van der Waals surface area (Å²) in [4.78, 5) is 13.1. The first-order valence-electron chi connectivity index (χ1n) is 10.4. The number of hydrogen-bond acceptors (Lipinski definition) is 3. The maximum absolute atomic E-state index is 13.7. The van der Waals surface area contributed by atoms with Crippen molar-refractivity contribution in [3.8, 4) is 0 Å². The van der Waals surface area contributed by atoms with Crippen molar-refractivity contribution in [2.45, 2.75) is 24.2 Å². The molecule has 31 heavy (non-hydrogen) atoms. The van der Waals surface area contributed by atoms with Gasteiger partial charge in [-0.15, -0.1) is 0 Å². The first-order valence-corrected chi connectivity index (χ1v) is 11.9. The fraction of sp³-hybridized carbons (Fsp3) is 0.192. The molecular formula is C26H23NO3S. The van der Waals surface area contributed by atoms with E-state index < -0.39 is 15.9 Å². The number of rotatable bonds is 4. The number of hydrogen-bond donors (Lipinski definition) is 0. The minimum atomic E-state index is -3.81. The molecule has 0 amide bonds. The largest absolute Gasteiger partial charge is 0.300 e. The second kappa shape index (κ2) is 7.50. The summed E-state index contributed by atoms with van der Waals surface area (Å²) in [5, 5.41) is 0. The molecule has 4 nitrogen and oxygen atoms in total. The summed E-state index contributed by atoms with van der Waals surface area (Å²) in [7, 11) is -3.81. The van der Waals surface area contributed by atoms with E-state index in [0.717, 1.165) is 28.0 Å². The molecule has 0 radical (unpaired) electrons. The van der Waals surface area contributed by atoms with E-state index in [2.05, 4.69) is 0 Å². The highest BCUT2D eigenvalue weighted by molar-refractivity contribution is 7.89. The van der Waals surface area contributed by atoms with Gasteiger partial charge in [0.25, 0.3) is 10.0 Å². The number of carbonyl (C=O) groups excluding carboxylic acids is 1. The molecule has 2 aliphatic rings. The zero-order valence-corrected chi connectivity index (χ0v) is 18.0. The van der Waals surface area contributed by atoms with Gasteiger partial charge in [-0.05, 0) is 42.2 Å². The second-order valence-electron chi connectivity index (χ2n) is 8.16. The van der Waals surface area contributed by atoms with Crippen LogP contribution in [0.4, 0.5) is 0 Å². The maximum atomic E-state index is 13.7. The lowest BCUT2D eigenvalue weighted by Crippen LogP contribution is -2.43. The van der Waals surface area contributed by atoms with Gasteiger partial charge in [-0.2, -0.15) is 0 Å². The van der Waals surface area contributed by atoms with Crippen molar-refractivity contribution in [2.24, 2.45) is 5.92 Å². The molecule has 1 aliphatic heterocycles. The molecule has 156 valence electrons. The van der Waals surface area contributed by atoms with Crippen molar-refractivity contribution >= 4 is 21.5 Å². The van der Waals surface area contributed by atoms with Gasteiger partial charge in [0, 0.05) is 23.9 Å². The normalized spacial score (nSPS) is 20.4. The molecule has 0 saturated carbocycles. The number of nitrogens with zero attached hydrogens (tertiary/aromatic N) is 1. The summed E-state index contributed by atoms with van der Waals surface area (Å²) >= 11 is 0. The number of carbonyl (C=O) groups is 1. The molecule has 3 aromatic rings. The van der Waals surface area contributed by atoms with E-state index in [4.69, 9.17) is 0 Å². The van der Waals surface area contributed by atoms with Crippen LogP contribution in [0.5, 0.6) is 0 Å². The molecule has 5 rings (SSSR count). The van der Waals surface area contributed by atoms with Gasteiger partial charge in [0.1, 0.15) is 5.78 Å². The summed E-state index contributed by atoms with van der Waals surface area (Å²) in [5.74, 6) is -0.568. The predicted molar refractivity (Wildman–Crippen MR) is 121 cm³/mol. The van der Waals surface area contributed by atoms with Crippen LogP contribution in [0.2, 0.25) is 0 Å².